The Balaban J connectivity index is 1.90. The summed E-state index contributed by atoms with van der Waals surface area (Å²) in [5, 5.41) is 2.62. The Hall–Kier alpha value is -2.56. The Morgan fingerprint density at radius 3 is 2.74 bits per heavy atom. The maximum Gasteiger partial charge on any atom is 0.262 e. The fourth-order valence-corrected chi connectivity index (χ4v) is 1.55. The maximum absolute atomic E-state index is 11.7. The van der Waals surface area contributed by atoms with Crippen LogP contribution in [-0.2, 0) is 4.79 Å². The molecule has 0 unspecified atom stereocenters. The number of ether oxygens (including phenoxy) is 1. The Bertz CT molecular complexity index is 614. The van der Waals surface area contributed by atoms with Crippen LogP contribution in [0.5, 0.6) is 5.75 Å². The van der Waals surface area contributed by atoms with Crippen molar-refractivity contribution in [3.05, 3.63) is 58.5 Å². The SMILES string of the molecule is Cc1ccccc1OCC(=O)Nc1ccc(=O)[nH]c1. The third-order valence-electron chi connectivity index (χ3n) is 2.52. The predicted molar refractivity (Wildman–Crippen MR) is 72.4 cm³/mol. The lowest BCUT2D eigenvalue weighted by Crippen LogP contribution is -2.21. The number of aromatic nitrogens is 1. The lowest BCUT2D eigenvalue weighted by Gasteiger charge is -2.09. The molecule has 1 heterocycles. The van der Waals surface area contributed by atoms with Crippen LogP contribution < -0.4 is 15.6 Å². The van der Waals surface area contributed by atoms with E-state index in [1.807, 2.05) is 31.2 Å². The Morgan fingerprint density at radius 2 is 2.05 bits per heavy atom. The molecule has 0 bridgehead atoms. The first-order valence-electron chi connectivity index (χ1n) is 5.82. The zero-order chi connectivity index (χ0) is 13.7. The summed E-state index contributed by atoms with van der Waals surface area (Å²) in [4.78, 5) is 25.0. The van der Waals surface area contributed by atoms with Gasteiger partial charge in [0.15, 0.2) is 6.61 Å². The first-order chi connectivity index (χ1) is 9.15. The number of rotatable bonds is 4. The number of H-pyrrole nitrogens is 1. The van der Waals surface area contributed by atoms with Crippen molar-refractivity contribution in [1.29, 1.82) is 0 Å². The summed E-state index contributed by atoms with van der Waals surface area (Å²) in [7, 11) is 0. The van der Waals surface area contributed by atoms with Crippen molar-refractivity contribution in [3.8, 4) is 5.75 Å². The molecule has 0 fully saturated rings. The van der Waals surface area contributed by atoms with Crippen LogP contribution in [0.2, 0.25) is 0 Å². The van der Waals surface area contributed by atoms with Crippen molar-refractivity contribution in [2.75, 3.05) is 11.9 Å². The smallest absolute Gasteiger partial charge is 0.262 e. The normalized spacial score (nSPS) is 9.95. The van der Waals surface area contributed by atoms with Crippen LogP contribution in [0.3, 0.4) is 0 Å². The van der Waals surface area contributed by atoms with Gasteiger partial charge in [-0.2, -0.15) is 0 Å². The van der Waals surface area contributed by atoms with Crippen molar-refractivity contribution in [2.45, 2.75) is 6.92 Å². The number of hydrogen-bond donors (Lipinski definition) is 2. The van der Waals surface area contributed by atoms with E-state index in [9.17, 15) is 9.59 Å². The second-order valence-electron chi connectivity index (χ2n) is 4.04. The highest BCUT2D eigenvalue weighted by atomic mass is 16.5. The molecular weight excluding hydrogens is 244 g/mol. The molecule has 2 aromatic rings. The zero-order valence-corrected chi connectivity index (χ0v) is 10.5. The van der Waals surface area contributed by atoms with Gasteiger partial charge in [0, 0.05) is 12.3 Å². The molecule has 0 spiro atoms. The molecule has 2 rings (SSSR count). The number of pyridine rings is 1. The van der Waals surface area contributed by atoms with Crippen molar-refractivity contribution >= 4 is 11.6 Å². The molecule has 2 N–H and O–H groups in total. The second kappa shape index (κ2) is 5.86. The summed E-state index contributed by atoms with van der Waals surface area (Å²) < 4.78 is 5.41. The van der Waals surface area contributed by atoms with Gasteiger partial charge < -0.3 is 15.0 Å². The van der Waals surface area contributed by atoms with Gasteiger partial charge in [-0.05, 0) is 24.6 Å². The van der Waals surface area contributed by atoms with Crippen LogP contribution in [0.1, 0.15) is 5.56 Å². The number of para-hydroxylation sites is 1. The lowest BCUT2D eigenvalue weighted by molar-refractivity contribution is -0.118. The van der Waals surface area contributed by atoms with Crippen molar-refractivity contribution in [3.63, 3.8) is 0 Å². The Kier molecular flexibility index (Phi) is 3.97. The molecule has 0 aliphatic rings. The van der Waals surface area contributed by atoms with Gasteiger partial charge in [-0.15, -0.1) is 0 Å². The molecular formula is C14H14N2O3. The van der Waals surface area contributed by atoms with Gasteiger partial charge in [-0.25, -0.2) is 0 Å². The number of carbonyl (C=O) groups is 1. The van der Waals surface area contributed by atoms with Gasteiger partial charge in [0.1, 0.15) is 5.75 Å². The van der Waals surface area contributed by atoms with Crippen molar-refractivity contribution < 1.29 is 9.53 Å². The van der Waals surface area contributed by atoms with Gasteiger partial charge in [0.2, 0.25) is 5.56 Å². The van der Waals surface area contributed by atoms with E-state index in [0.29, 0.717) is 11.4 Å². The molecule has 19 heavy (non-hydrogen) atoms. The standard InChI is InChI=1S/C14H14N2O3/c1-10-4-2-3-5-12(10)19-9-14(18)16-11-6-7-13(17)15-8-11/h2-8H,9H2,1H3,(H,15,17)(H,16,18). The highest BCUT2D eigenvalue weighted by Gasteiger charge is 2.05. The van der Waals surface area contributed by atoms with Crippen LogP contribution >= 0.6 is 0 Å². The van der Waals surface area contributed by atoms with E-state index in [1.54, 1.807) is 0 Å². The topological polar surface area (TPSA) is 71.2 Å². The van der Waals surface area contributed by atoms with E-state index >= 15 is 0 Å². The molecule has 0 aliphatic heterocycles. The lowest BCUT2D eigenvalue weighted by atomic mass is 10.2. The van der Waals surface area contributed by atoms with Crippen LogP contribution in [0, 0.1) is 6.92 Å². The van der Waals surface area contributed by atoms with Crippen LogP contribution in [0.25, 0.3) is 0 Å². The molecule has 0 aliphatic carbocycles. The molecule has 5 nitrogen and oxygen atoms in total. The number of nitrogens with one attached hydrogen (secondary N) is 2. The molecule has 1 aromatic heterocycles. The maximum atomic E-state index is 11.7. The molecule has 1 amide bonds. The molecule has 1 aromatic carbocycles. The van der Waals surface area contributed by atoms with E-state index in [0.717, 1.165) is 5.56 Å². The quantitative estimate of drug-likeness (QED) is 0.876. The Labute approximate surface area is 110 Å². The third kappa shape index (κ3) is 3.70. The van der Waals surface area contributed by atoms with Gasteiger partial charge in [0.05, 0.1) is 5.69 Å². The van der Waals surface area contributed by atoms with Gasteiger partial charge >= 0.3 is 0 Å². The highest BCUT2D eigenvalue weighted by molar-refractivity contribution is 5.91. The predicted octanol–water partition coefficient (Wildman–Crippen LogP) is 1.70. The monoisotopic (exact) mass is 258 g/mol. The largest absolute Gasteiger partial charge is 0.483 e. The fourth-order valence-electron chi connectivity index (χ4n) is 1.55. The first kappa shape index (κ1) is 12.9. The molecule has 0 radical (unpaired) electrons. The second-order valence-corrected chi connectivity index (χ2v) is 4.04. The van der Waals surface area contributed by atoms with E-state index in [1.165, 1.54) is 18.3 Å². The third-order valence-corrected chi connectivity index (χ3v) is 2.52. The van der Waals surface area contributed by atoms with E-state index < -0.39 is 0 Å². The minimum atomic E-state index is -0.282. The summed E-state index contributed by atoms with van der Waals surface area (Å²) in [6, 6.07) is 10.4. The molecule has 0 saturated carbocycles. The molecule has 0 atom stereocenters. The minimum Gasteiger partial charge on any atom is -0.483 e. The number of hydrogen-bond acceptors (Lipinski definition) is 3. The molecule has 5 heteroatoms. The van der Waals surface area contributed by atoms with Gasteiger partial charge in [-0.1, -0.05) is 18.2 Å². The summed E-state index contributed by atoms with van der Waals surface area (Å²) in [6.07, 6.45) is 1.44. The number of amides is 1. The van der Waals surface area contributed by atoms with E-state index in [4.69, 9.17) is 4.74 Å². The number of anilines is 1. The molecule has 0 saturated heterocycles. The number of aryl methyl sites for hydroxylation is 1. The van der Waals surface area contributed by atoms with E-state index in [-0.39, 0.29) is 18.1 Å². The average Bonchev–Trinajstić information content (AvgIpc) is 2.40. The molecule has 98 valence electrons. The Morgan fingerprint density at radius 1 is 1.26 bits per heavy atom. The number of benzene rings is 1. The van der Waals surface area contributed by atoms with Crippen LogP contribution in [-0.4, -0.2) is 17.5 Å². The summed E-state index contributed by atoms with van der Waals surface area (Å²) in [5.41, 5.74) is 1.28. The summed E-state index contributed by atoms with van der Waals surface area (Å²) >= 11 is 0. The average molecular weight is 258 g/mol. The fraction of sp³-hybridized carbons (Fsp3) is 0.143. The minimum absolute atomic E-state index is 0.0794. The van der Waals surface area contributed by atoms with E-state index in [2.05, 4.69) is 10.3 Å². The summed E-state index contributed by atoms with van der Waals surface area (Å²) in [6.45, 7) is 1.83. The number of carbonyl (C=O) groups excluding carboxylic acids is 1. The van der Waals surface area contributed by atoms with Crippen LogP contribution in [0.4, 0.5) is 5.69 Å². The number of aromatic amines is 1. The first-order valence-corrected chi connectivity index (χ1v) is 5.82. The van der Waals surface area contributed by atoms with Crippen molar-refractivity contribution in [1.82, 2.24) is 4.98 Å². The van der Waals surface area contributed by atoms with Crippen LogP contribution in [0.15, 0.2) is 47.4 Å². The van der Waals surface area contributed by atoms with Gasteiger partial charge in [0.25, 0.3) is 5.91 Å². The van der Waals surface area contributed by atoms with Gasteiger partial charge in [-0.3, -0.25) is 9.59 Å². The zero-order valence-electron chi connectivity index (χ0n) is 10.5. The van der Waals surface area contributed by atoms with Crippen molar-refractivity contribution in [2.24, 2.45) is 0 Å². The summed E-state index contributed by atoms with van der Waals surface area (Å²) in [5.74, 6) is 0.398. The highest BCUT2D eigenvalue weighted by Crippen LogP contribution is 2.15.